The highest BCUT2D eigenvalue weighted by molar-refractivity contribution is 5.56. The molecule has 0 aliphatic carbocycles. The summed E-state index contributed by atoms with van der Waals surface area (Å²) in [5.41, 5.74) is 3.50. The zero-order valence-corrected chi connectivity index (χ0v) is 7.83. The largest absolute Gasteiger partial charge is 0.272 e. The van der Waals surface area contributed by atoms with Crippen molar-refractivity contribution in [3.63, 3.8) is 0 Å². The van der Waals surface area contributed by atoms with E-state index in [4.69, 9.17) is 0 Å². The second kappa shape index (κ2) is 3.39. The van der Waals surface area contributed by atoms with Gasteiger partial charge in [0.05, 0.1) is 6.20 Å². The summed E-state index contributed by atoms with van der Waals surface area (Å²) in [5, 5.41) is 4.14. The first-order valence-corrected chi connectivity index (χ1v) is 3.94. The number of aromatic nitrogens is 2. The third-order valence-electron chi connectivity index (χ3n) is 1.98. The van der Waals surface area contributed by atoms with E-state index in [1.54, 1.807) is 0 Å². The van der Waals surface area contributed by atoms with Crippen molar-refractivity contribution >= 4 is 6.08 Å². The Morgan fingerprint density at radius 3 is 2.75 bits per heavy atom. The van der Waals surface area contributed by atoms with E-state index in [0.29, 0.717) is 0 Å². The Morgan fingerprint density at radius 1 is 1.67 bits per heavy atom. The maximum atomic E-state index is 4.14. The number of hydrogen-bond acceptors (Lipinski definition) is 1. The number of hydrogen-bond donors (Lipinski definition) is 0. The lowest BCUT2D eigenvalue weighted by Crippen LogP contribution is -1.92. The summed E-state index contributed by atoms with van der Waals surface area (Å²) >= 11 is 0. The molecule has 1 rings (SSSR count). The number of aryl methyl sites for hydroxylation is 1. The van der Waals surface area contributed by atoms with E-state index in [9.17, 15) is 0 Å². The van der Waals surface area contributed by atoms with Gasteiger partial charge in [-0.1, -0.05) is 18.2 Å². The van der Waals surface area contributed by atoms with Gasteiger partial charge in [0.1, 0.15) is 0 Å². The Morgan fingerprint density at radius 2 is 2.33 bits per heavy atom. The molecule has 0 radical (unpaired) electrons. The summed E-state index contributed by atoms with van der Waals surface area (Å²) in [6.07, 6.45) is 5.78. The van der Waals surface area contributed by atoms with E-state index in [-0.39, 0.29) is 0 Å². The van der Waals surface area contributed by atoms with Gasteiger partial charge in [-0.2, -0.15) is 5.10 Å². The SMILES string of the molecule is C=C/C(C)=C\c1cnn(C)c1C. The van der Waals surface area contributed by atoms with E-state index in [1.807, 2.05) is 30.9 Å². The van der Waals surface area contributed by atoms with Gasteiger partial charge in [-0.05, 0) is 19.9 Å². The molecular weight excluding hydrogens is 148 g/mol. The third-order valence-corrected chi connectivity index (χ3v) is 1.98. The highest BCUT2D eigenvalue weighted by Gasteiger charge is 1.98. The van der Waals surface area contributed by atoms with Gasteiger partial charge >= 0.3 is 0 Å². The van der Waals surface area contributed by atoms with Gasteiger partial charge in [0.15, 0.2) is 0 Å². The maximum Gasteiger partial charge on any atom is 0.0565 e. The van der Waals surface area contributed by atoms with Gasteiger partial charge in [-0.3, -0.25) is 4.68 Å². The Hall–Kier alpha value is -1.31. The quantitative estimate of drug-likeness (QED) is 0.610. The molecule has 0 unspecified atom stereocenters. The van der Waals surface area contributed by atoms with Crippen LogP contribution in [0.3, 0.4) is 0 Å². The van der Waals surface area contributed by atoms with Crippen molar-refractivity contribution < 1.29 is 0 Å². The zero-order chi connectivity index (χ0) is 9.14. The first-order chi connectivity index (χ1) is 5.65. The molecule has 1 aromatic rings. The van der Waals surface area contributed by atoms with Gasteiger partial charge in [-0.25, -0.2) is 0 Å². The van der Waals surface area contributed by atoms with E-state index in [1.165, 1.54) is 5.69 Å². The molecule has 2 nitrogen and oxygen atoms in total. The van der Waals surface area contributed by atoms with Gasteiger partial charge in [0, 0.05) is 18.3 Å². The van der Waals surface area contributed by atoms with E-state index in [2.05, 4.69) is 24.7 Å². The second-order valence-corrected chi connectivity index (χ2v) is 2.90. The van der Waals surface area contributed by atoms with Crippen LogP contribution in [0.2, 0.25) is 0 Å². The lowest BCUT2D eigenvalue weighted by molar-refractivity contribution is 0.740. The molecule has 0 saturated carbocycles. The van der Waals surface area contributed by atoms with Crippen molar-refractivity contribution in [1.29, 1.82) is 0 Å². The Balaban J connectivity index is 3.04. The lowest BCUT2D eigenvalue weighted by Gasteiger charge is -1.94. The minimum atomic E-state index is 1.16. The summed E-state index contributed by atoms with van der Waals surface area (Å²) < 4.78 is 1.86. The second-order valence-electron chi connectivity index (χ2n) is 2.90. The highest BCUT2D eigenvalue weighted by Crippen LogP contribution is 2.10. The van der Waals surface area contributed by atoms with Crippen LogP contribution in [-0.2, 0) is 7.05 Å². The number of allylic oxidation sites excluding steroid dienone is 2. The summed E-state index contributed by atoms with van der Waals surface area (Å²) in [6, 6.07) is 0. The summed E-state index contributed by atoms with van der Waals surface area (Å²) in [4.78, 5) is 0. The molecule has 2 heteroatoms. The standard InChI is InChI=1S/C10H14N2/c1-5-8(2)6-10-7-11-12(4)9(10)3/h5-7H,1H2,2-4H3/b8-6-. The smallest absolute Gasteiger partial charge is 0.0565 e. The molecule has 0 saturated heterocycles. The van der Waals surface area contributed by atoms with Crippen LogP contribution in [0.4, 0.5) is 0 Å². The fraction of sp³-hybridized carbons (Fsp3) is 0.300. The van der Waals surface area contributed by atoms with Gasteiger partial charge in [-0.15, -0.1) is 0 Å². The molecule has 0 aliphatic heterocycles. The average Bonchev–Trinajstić information content (AvgIpc) is 2.36. The average molecular weight is 162 g/mol. The van der Waals surface area contributed by atoms with Crippen molar-refractivity contribution in [1.82, 2.24) is 9.78 Å². The molecule has 1 aromatic heterocycles. The molecular formula is C10H14N2. The maximum absolute atomic E-state index is 4.14. The first kappa shape index (κ1) is 8.78. The number of nitrogens with zero attached hydrogens (tertiary/aromatic N) is 2. The molecule has 0 aliphatic rings. The van der Waals surface area contributed by atoms with Gasteiger partial charge < -0.3 is 0 Å². The highest BCUT2D eigenvalue weighted by atomic mass is 15.3. The van der Waals surface area contributed by atoms with E-state index >= 15 is 0 Å². The van der Waals surface area contributed by atoms with Crippen LogP contribution in [0.5, 0.6) is 0 Å². The van der Waals surface area contributed by atoms with Gasteiger partial charge in [0.2, 0.25) is 0 Å². The lowest BCUT2D eigenvalue weighted by atomic mass is 10.2. The first-order valence-electron chi connectivity index (χ1n) is 3.94. The van der Waals surface area contributed by atoms with Crippen LogP contribution >= 0.6 is 0 Å². The Kier molecular flexibility index (Phi) is 2.48. The monoisotopic (exact) mass is 162 g/mol. The van der Waals surface area contributed by atoms with Crippen molar-refractivity contribution in [3.8, 4) is 0 Å². The minimum absolute atomic E-state index is 1.16. The Labute approximate surface area is 73.2 Å². The predicted octanol–water partition coefficient (Wildman–Crippen LogP) is 2.32. The van der Waals surface area contributed by atoms with Crippen LogP contribution in [0.25, 0.3) is 6.08 Å². The normalized spacial score (nSPS) is 11.8. The third kappa shape index (κ3) is 1.64. The van der Waals surface area contributed by atoms with Crippen molar-refractivity contribution in [2.75, 3.05) is 0 Å². The minimum Gasteiger partial charge on any atom is -0.272 e. The summed E-state index contributed by atoms with van der Waals surface area (Å²) in [7, 11) is 1.94. The topological polar surface area (TPSA) is 17.8 Å². The molecule has 0 amide bonds. The van der Waals surface area contributed by atoms with Gasteiger partial charge in [0.25, 0.3) is 0 Å². The van der Waals surface area contributed by atoms with Crippen LogP contribution in [-0.4, -0.2) is 9.78 Å². The van der Waals surface area contributed by atoms with Crippen LogP contribution < -0.4 is 0 Å². The molecule has 0 atom stereocenters. The molecule has 0 N–H and O–H groups in total. The summed E-state index contributed by atoms with van der Waals surface area (Å²) in [5.74, 6) is 0. The molecule has 0 spiro atoms. The fourth-order valence-electron chi connectivity index (χ4n) is 0.962. The van der Waals surface area contributed by atoms with Crippen LogP contribution in [0.1, 0.15) is 18.2 Å². The van der Waals surface area contributed by atoms with E-state index in [0.717, 1.165) is 11.1 Å². The van der Waals surface area contributed by atoms with Crippen molar-refractivity contribution in [2.24, 2.45) is 7.05 Å². The Bertz CT molecular complexity index is 319. The van der Waals surface area contributed by atoms with Crippen molar-refractivity contribution in [2.45, 2.75) is 13.8 Å². The molecule has 12 heavy (non-hydrogen) atoms. The van der Waals surface area contributed by atoms with Crippen molar-refractivity contribution in [3.05, 3.63) is 35.7 Å². The molecule has 0 bridgehead atoms. The molecule has 64 valence electrons. The molecule has 1 heterocycles. The van der Waals surface area contributed by atoms with E-state index < -0.39 is 0 Å². The van der Waals surface area contributed by atoms with Crippen LogP contribution in [0.15, 0.2) is 24.4 Å². The zero-order valence-electron chi connectivity index (χ0n) is 7.83. The van der Waals surface area contributed by atoms with Crippen LogP contribution in [0, 0.1) is 6.92 Å². The molecule has 0 aromatic carbocycles. The summed E-state index contributed by atoms with van der Waals surface area (Å²) in [6.45, 7) is 7.78. The fourth-order valence-corrected chi connectivity index (χ4v) is 0.962. The number of rotatable bonds is 2. The predicted molar refractivity (Wildman–Crippen MR) is 51.8 cm³/mol. The molecule has 0 fully saturated rings.